The largest absolute Gasteiger partial charge is 0.352 e. The highest BCUT2D eigenvalue weighted by Crippen LogP contribution is 2.10. The molecule has 2 rings (SSSR count). The van der Waals surface area contributed by atoms with Gasteiger partial charge in [0.25, 0.3) is 0 Å². The summed E-state index contributed by atoms with van der Waals surface area (Å²) < 4.78 is 0. The van der Waals surface area contributed by atoms with Gasteiger partial charge in [0.05, 0.1) is 6.54 Å². The van der Waals surface area contributed by atoms with Gasteiger partial charge in [0.2, 0.25) is 5.91 Å². The molecule has 0 atom stereocenters. The van der Waals surface area contributed by atoms with Gasteiger partial charge in [-0.25, -0.2) is 0 Å². The van der Waals surface area contributed by atoms with E-state index in [9.17, 15) is 4.79 Å². The lowest BCUT2D eigenvalue weighted by atomic mass is 10.1. The predicted molar refractivity (Wildman–Crippen MR) is 104 cm³/mol. The highest BCUT2D eigenvalue weighted by Gasteiger charge is 2.05. The lowest BCUT2D eigenvalue weighted by Gasteiger charge is -2.13. The molecular weight excluding hydrogens is 312 g/mol. The number of nitrogens with zero attached hydrogens (tertiary/aromatic N) is 1. The van der Waals surface area contributed by atoms with Crippen molar-refractivity contribution in [2.75, 3.05) is 18.9 Å². The SMILES string of the molecule is CCc1cccc(NC(=O)CNC(=NC)NCc2ccccc2C)c1. The lowest BCUT2D eigenvalue weighted by Crippen LogP contribution is -2.41. The van der Waals surface area contributed by atoms with E-state index in [-0.39, 0.29) is 12.5 Å². The Labute approximate surface area is 149 Å². The van der Waals surface area contributed by atoms with E-state index in [0.717, 1.165) is 12.1 Å². The van der Waals surface area contributed by atoms with Gasteiger partial charge < -0.3 is 16.0 Å². The van der Waals surface area contributed by atoms with Crippen molar-refractivity contribution < 1.29 is 4.79 Å². The second kappa shape index (κ2) is 9.47. The number of benzene rings is 2. The summed E-state index contributed by atoms with van der Waals surface area (Å²) in [6, 6.07) is 16.1. The van der Waals surface area contributed by atoms with Crippen molar-refractivity contribution in [1.29, 1.82) is 0 Å². The molecule has 5 nitrogen and oxygen atoms in total. The number of aliphatic imine (C=N–C) groups is 1. The maximum atomic E-state index is 12.1. The van der Waals surface area contributed by atoms with Gasteiger partial charge in [-0.3, -0.25) is 9.79 Å². The molecule has 5 heteroatoms. The number of carbonyl (C=O) groups excluding carboxylic acids is 1. The van der Waals surface area contributed by atoms with Crippen LogP contribution in [0, 0.1) is 6.92 Å². The zero-order valence-electron chi connectivity index (χ0n) is 15.1. The highest BCUT2D eigenvalue weighted by molar-refractivity contribution is 5.95. The maximum absolute atomic E-state index is 12.1. The quantitative estimate of drug-likeness (QED) is 0.560. The van der Waals surface area contributed by atoms with E-state index >= 15 is 0 Å². The molecule has 0 saturated heterocycles. The summed E-state index contributed by atoms with van der Waals surface area (Å²) in [6.45, 7) is 4.98. The Morgan fingerprint density at radius 2 is 1.88 bits per heavy atom. The van der Waals surface area contributed by atoms with Crippen molar-refractivity contribution in [3.63, 3.8) is 0 Å². The molecule has 0 unspecified atom stereocenters. The van der Waals surface area contributed by atoms with Crippen molar-refractivity contribution in [1.82, 2.24) is 10.6 Å². The number of aryl methyl sites for hydroxylation is 2. The molecule has 0 saturated carbocycles. The maximum Gasteiger partial charge on any atom is 0.243 e. The summed E-state index contributed by atoms with van der Waals surface area (Å²) in [5.74, 6) is 0.493. The van der Waals surface area contributed by atoms with Crippen LogP contribution in [0.4, 0.5) is 5.69 Å². The Kier molecular flexibility index (Phi) is 7.01. The number of carbonyl (C=O) groups is 1. The minimum Gasteiger partial charge on any atom is -0.352 e. The van der Waals surface area contributed by atoms with E-state index in [1.165, 1.54) is 16.7 Å². The topological polar surface area (TPSA) is 65.5 Å². The summed E-state index contributed by atoms with van der Waals surface area (Å²) in [5, 5.41) is 9.15. The molecule has 0 aliphatic heterocycles. The zero-order chi connectivity index (χ0) is 18.1. The Hall–Kier alpha value is -2.82. The summed E-state index contributed by atoms with van der Waals surface area (Å²) in [6.07, 6.45) is 0.942. The van der Waals surface area contributed by atoms with Crippen LogP contribution in [0.25, 0.3) is 0 Å². The Morgan fingerprint density at radius 3 is 2.60 bits per heavy atom. The van der Waals surface area contributed by atoms with Crippen LogP contribution in [0.3, 0.4) is 0 Å². The molecule has 0 aliphatic carbocycles. The van der Waals surface area contributed by atoms with Crippen LogP contribution in [0.15, 0.2) is 53.5 Å². The van der Waals surface area contributed by atoms with Crippen LogP contribution in [0.2, 0.25) is 0 Å². The number of nitrogens with one attached hydrogen (secondary N) is 3. The molecule has 0 heterocycles. The minimum atomic E-state index is -0.105. The van der Waals surface area contributed by atoms with Gasteiger partial charge in [0, 0.05) is 19.3 Å². The van der Waals surface area contributed by atoms with Crippen molar-refractivity contribution in [3.05, 3.63) is 65.2 Å². The van der Waals surface area contributed by atoms with E-state index < -0.39 is 0 Å². The summed E-state index contributed by atoms with van der Waals surface area (Å²) in [5.41, 5.74) is 4.43. The van der Waals surface area contributed by atoms with Gasteiger partial charge in [0.15, 0.2) is 5.96 Å². The van der Waals surface area contributed by atoms with Crippen LogP contribution >= 0.6 is 0 Å². The second-order valence-electron chi connectivity index (χ2n) is 5.81. The first-order chi connectivity index (χ1) is 12.1. The summed E-state index contributed by atoms with van der Waals surface area (Å²) >= 11 is 0. The van der Waals surface area contributed by atoms with Crippen LogP contribution < -0.4 is 16.0 Å². The molecule has 3 N–H and O–H groups in total. The third-order valence-electron chi connectivity index (χ3n) is 3.97. The van der Waals surface area contributed by atoms with Crippen molar-refractivity contribution >= 4 is 17.6 Å². The smallest absolute Gasteiger partial charge is 0.243 e. The van der Waals surface area contributed by atoms with Crippen molar-refractivity contribution in [3.8, 4) is 0 Å². The molecule has 0 aromatic heterocycles. The molecule has 2 aromatic rings. The van der Waals surface area contributed by atoms with E-state index in [1.807, 2.05) is 36.4 Å². The van der Waals surface area contributed by atoms with Gasteiger partial charge in [-0.05, 0) is 42.2 Å². The highest BCUT2D eigenvalue weighted by atomic mass is 16.1. The summed E-state index contributed by atoms with van der Waals surface area (Å²) in [4.78, 5) is 16.3. The molecule has 25 heavy (non-hydrogen) atoms. The van der Waals surface area contributed by atoms with E-state index in [0.29, 0.717) is 12.5 Å². The first kappa shape index (κ1) is 18.5. The fraction of sp³-hybridized carbons (Fsp3) is 0.300. The first-order valence-corrected chi connectivity index (χ1v) is 8.50. The van der Waals surface area contributed by atoms with Crippen LogP contribution in [0.5, 0.6) is 0 Å². The molecule has 1 amide bonds. The van der Waals surface area contributed by atoms with Gasteiger partial charge >= 0.3 is 0 Å². The second-order valence-corrected chi connectivity index (χ2v) is 5.81. The number of anilines is 1. The molecule has 0 fully saturated rings. The first-order valence-electron chi connectivity index (χ1n) is 8.50. The molecule has 0 spiro atoms. The standard InChI is InChI=1S/C20H26N4O/c1-4-16-9-7-11-18(12-16)24-19(25)14-23-20(21-3)22-13-17-10-6-5-8-15(17)2/h5-12H,4,13-14H2,1-3H3,(H,24,25)(H2,21,22,23). The van der Waals surface area contributed by atoms with Gasteiger partial charge in [-0.15, -0.1) is 0 Å². The average molecular weight is 338 g/mol. The normalized spacial score (nSPS) is 11.1. The minimum absolute atomic E-state index is 0.105. The zero-order valence-corrected chi connectivity index (χ0v) is 15.1. The third-order valence-corrected chi connectivity index (χ3v) is 3.97. The van der Waals surface area contributed by atoms with Crippen molar-refractivity contribution in [2.24, 2.45) is 4.99 Å². The van der Waals surface area contributed by atoms with Crippen LogP contribution in [0.1, 0.15) is 23.6 Å². The number of hydrogen-bond donors (Lipinski definition) is 3. The van der Waals surface area contributed by atoms with Crippen LogP contribution in [-0.2, 0) is 17.8 Å². The Morgan fingerprint density at radius 1 is 1.08 bits per heavy atom. The molecular formula is C20H26N4O. The molecule has 0 aliphatic rings. The van der Waals surface area contributed by atoms with Crippen LogP contribution in [-0.4, -0.2) is 25.5 Å². The molecule has 0 bridgehead atoms. The number of rotatable bonds is 6. The van der Waals surface area contributed by atoms with E-state index in [2.05, 4.69) is 46.9 Å². The number of guanidine groups is 1. The van der Waals surface area contributed by atoms with Gasteiger partial charge in [0.1, 0.15) is 0 Å². The van der Waals surface area contributed by atoms with E-state index in [4.69, 9.17) is 0 Å². The molecule has 0 radical (unpaired) electrons. The predicted octanol–water partition coefficient (Wildman–Crippen LogP) is 2.86. The number of amides is 1. The fourth-order valence-corrected chi connectivity index (χ4v) is 2.45. The molecule has 2 aromatic carbocycles. The number of hydrogen-bond acceptors (Lipinski definition) is 2. The van der Waals surface area contributed by atoms with E-state index in [1.54, 1.807) is 7.05 Å². The van der Waals surface area contributed by atoms with Gasteiger partial charge in [-0.1, -0.05) is 43.3 Å². The summed E-state index contributed by atoms with van der Waals surface area (Å²) in [7, 11) is 1.69. The monoisotopic (exact) mass is 338 g/mol. The fourth-order valence-electron chi connectivity index (χ4n) is 2.45. The van der Waals surface area contributed by atoms with Gasteiger partial charge in [-0.2, -0.15) is 0 Å². The average Bonchev–Trinajstić information content (AvgIpc) is 2.63. The Bertz CT molecular complexity index is 740. The molecule has 132 valence electrons. The third kappa shape index (κ3) is 5.95. The Balaban J connectivity index is 1.81. The van der Waals surface area contributed by atoms with Crippen molar-refractivity contribution in [2.45, 2.75) is 26.8 Å². The lowest BCUT2D eigenvalue weighted by molar-refractivity contribution is -0.115.